The zero-order valence-corrected chi connectivity index (χ0v) is 12.4. The van der Waals surface area contributed by atoms with E-state index in [4.69, 9.17) is 23.2 Å². The van der Waals surface area contributed by atoms with E-state index in [9.17, 15) is 4.39 Å². The first kappa shape index (κ1) is 13.5. The maximum Gasteiger partial charge on any atom is 0.126 e. The molecule has 104 valence electrons. The first-order chi connectivity index (χ1) is 9.06. The number of benzene rings is 1. The van der Waals surface area contributed by atoms with Crippen molar-refractivity contribution in [1.29, 1.82) is 0 Å². The molecule has 2 atom stereocenters. The molecule has 2 aliphatic heterocycles. The molecule has 0 aromatic heterocycles. The third-order valence-corrected chi connectivity index (χ3v) is 4.78. The molecule has 2 heterocycles. The number of fused-ring (bicyclic) bond motifs is 1. The van der Waals surface area contributed by atoms with Gasteiger partial charge in [0.05, 0.1) is 15.7 Å². The Morgan fingerprint density at radius 3 is 2.58 bits per heavy atom. The number of nitrogens with zero attached hydrogens (tertiary/aromatic N) is 2. The van der Waals surface area contributed by atoms with E-state index >= 15 is 0 Å². The van der Waals surface area contributed by atoms with Crippen LogP contribution in [-0.4, -0.2) is 36.6 Å². The summed E-state index contributed by atoms with van der Waals surface area (Å²) in [5.74, 6) is -0.383. The van der Waals surface area contributed by atoms with Crippen LogP contribution >= 0.6 is 23.2 Å². The molecule has 1 aromatic carbocycles. The second-order valence-electron chi connectivity index (χ2n) is 5.51. The molecule has 0 radical (unpaired) electrons. The molecule has 2 fully saturated rings. The number of rotatable bonds is 1. The Labute approximate surface area is 123 Å². The summed E-state index contributed by atoms with van der Waals surface area (Å²) < 4.78 is 13.3. The minimum absolute atomic E-state index is 0.342. The fourth-order valence-corrected chi connectivity index (χ4v) is 3.99. The number of halogens is 3. The van der Waals surface area contributed by atoms with Crippen molar-refractivity contribution in [3.8, 4) is 0 Å². The van der Waals surface area contributed by atoms with Gasteiger partial charge in [-0.3, -0.25) is 4.90 Å². The molecular weight excluding hydrogens is 286 g/mol. The number of anilines is 1. The number of hydrogen-bond acceptors (Lipinski definition) is 2. The van der Waals surface area contributed by atoms with Crippen LogP contribution in [0.1, 0.15) is 19.8 Å². The summed E-state index contributed by atoms with van der Waals surface area (Å²) in [5.41, 5.74) is 0.781. The number of hydrogen-bond donors (Lipinski definition) is 0. The first-order valence-electron chi connectivity index (χ1n) is 6.71. The predicted octanol–water partition coefficient (Wildman–Crippen LogP) is 3.81. The van der Waals surface area contributed by atoms with Gasteiger partial charge in [0.15, 0.2) is 0 Å². The third kappa shape index (κ3) is 2.44. The highest BCUT2D eigenvalue weighted by Gasteiger charge is 2.35. The fraction of sp³-hybridized carbons (Fsp3) is 0.571. The van der Waals surface area contributed by atoms with Crippen molar-refractivity contribution in [3.05, 3.63) is 28.0 Å². The SMILES string of the molecule is CC1CN2CCCC2CN1c1c(Cl)cc(F)cc1Cl. The second kappa shape index (κ2) is 5.12. The van der Waals surface area contributed by atoms with Gasteiger partial charge < -0.3 is 4.90 Å². The highest BCUT2D eigenvalue weighted by Crippen LogP contribution is 2.38. The minimum atomic E-state index is -0.383. The van der Waals surface area contributed by atoms with Crippen LogP contribution in [0.4, 0.5) is 10.1 Å². The summed E-state index contributed by atoms with van der Waals surface area (Å²) in [4.78, 5) is 4.77. The quantitative estimate of drug-likeness (QED) is 0.778. The molecule has 0 spiro atoms. The highest BCUT2D eigenvalue weighted by molar-refractivity contribution is 6.39. The van der Waals surface area contributed by atoms with E-state index in [0.717, 1.165) is 18.8 Å². The lowest BCUT2D eigenvalue weighted by atomic mass is 10.1. The van der Waals surface area contributed by atoms with Gasteiger partial charge in [0.2, 0.25) is 0 Å². The van der Waals surface area contributed by atoms with Crippen LogP contribution in [-0.2, 0) is 0 Å². The van der Waals surface area contributed by atoms with E-state index in [-0.39, 0.29) is 5.82 Å². The fourth-order valence-electron chi connectivity index (χ4n) is 3.31. The van der Waals surface area contributed by atoms with Gasteiger partial charge in [0, 0.05) is 25.2 Å². The van der Waals surface area contributed by atoms with E-state index in [0.29, 0.717) is 22.1 Å². The van der Waals surface area contributed by atoms with Crippen LogP contribution in [0.2, 0.25) is 10.0 Å². The maximum absolute atomic E-state index is 13.3. The Hall–Kier alpha value is -0.510. The Bertz CT molecular complexity index is 471. The van der Waals surface area contributed by atoms with Crippen molar-refractivity contribution in [1.82, 2.24) is 4.90 Å². The lowest BCUT2D eigenvalue weighted by Crippen LogP contribution is -2.55. The normalized spacial score (nSPS) is 27.7. The maximum atomic E-state index is 13.3. The van der Waals surface area contributed by atoms with E-state index in [1.807, 2.05) is 0 Å². The molecule has 5 heteroatoms. The molecule has 0 aliphatic carbocycles. The molecule has 1 aromatic rings. The van der Waals surface area contributed by atoms with Gasteiger partial charge in [0.1, 0.15) is 5.82 Å². The summed E-state index contributed by atoms with van der Waals surface area (Å²) in [6, 6.07) is 3.61. The van der Waals surface area contributed by atoms with Gasteiger partial charge in [-0.2, -0.15) is 0 Å². The van der Waals surface area contributed by atoms with E-state index in [1.165, 1.54) is 31.5 Å². The third-order valence-electron chi connectivity index (χ3n) is 4.21. The van der Waals surface area contributed by atoms with Gasteiger partial charge in [0.25, 0.3) is 0 Å². The first-order valence-corrected chi connectivity index (χ1v) is 7.47. The zero-order chi connectivity index (χ0) is 13.6. The molecule has 0 bridgehead atoms. The van der Waals surface area contributed by atoms with Crippen LogP contribution in [0, 0.1) is 5.82 Å². The number of piperazine rings is 1. The van der Waals surface area contributed by atoms with Crippen LogP contribution in [0.25, 0.3) is 0 Å². The largest absolute Gasteiger partial charge is 0.364 e. The summed E-state index contributed by atoms with van der Waals surface area (Å²) in [7, 11) is 0. The smallest absolute Gasteiger partial charge is 0.126 e. The van der Waals surface area contributed by atoms with E-state index < -0.39 is 0 Å². The van der Waals surface area contributed by atoms with Gasteiger partial charge in [-0.25, -0.2) is 4.39 Å². The monoisotopic (exact) mass is 302 g/mol. The van der Waals surface area contributed by atoms with Crippen LogP contribution in [0.5, 0.6) is 0 Å². The standard InChI is InChI=1S/C14H17Cl2FN2/c1-9-7-18-4-2-3-11(18)8-19(9)14-12(15)5-10(17)6-13(14)16/h5-6,9,11H,2-4,7-8H2,1H3. The molecule has 19 heavy (non-hydrogen) atoms. The van der Waals surface area contributed by atoms with Gasteiger partial charge in [-0.1, -0.05) is 23.2 Å². The second-order valence-corrected chi connectivity index (χ2v) is 6.32. The Morgan fingerprint density at radius 1 is 1.21 bits per heavy atom. The highest BCUT2D eigenvalue weighted by atomic mass is 35.5. The average Bonchev–Trinajstić information content (AvgIpc) is 2.74. The van der Waals surface area contributed by atoms with Crippen molar-refractivity contribution < 1.29 is 4.39 Å². The lowest BCUT2D eigenvalue weighted by Gasteiger charge is -2.44. The van der Waals surface area contributed by atoms with Gasteiger partial charge >= 0.3 is 0 Å². The molecule has 3 rings (SSSR count). The molecule has 2 saturated heterocycles. The Morgan fingerprint density at radius 2 is 1.89 bits per heavy atom. The molecule has 0 amide bonds. The molecule has 2 nitrogen and oxygen atoms in total. The summed E-state index contributed by atoms with van der Waals surface area (Å²) in [5, 5.41) is 0.812. The van der Waals surface area contributed by atoms with Crippen LogP contribution < -0.4 is 4.90 Å². The minimum Gasteiger partial charge on any atom is -0.364 e. The molecular formula is C14H17Cl2FN2. The molecule has 0 saturated carbocycles. The van der Waals surface area contributed by atoms with E-state index in [1.54, 1.807) is 0 Å². The lowest BCUT2D eigenvalue weighted by molar-refractivity contribution is 0.203. The average molecular weight is 303 g/mol. The van der Waals surface area contributed by atoms with Crippen molar-refractivity contribution in [2.45, 2.75) is 31.8 Å². The van der Waals surface area contributed by atoms with Crippen molar-refractivity contribution in [2.24, 2.45) is 0 Å². The predicted molar refractivity (Wildman–Crippen MR) is 77.8 cm³/mol. The molecule has 2 aliphatic rings. The Kier molecular flexibility index (Phi) is 3.63. The van der Waals surface area contributed by atoms with E-state index in [2.05, 4.69) is 16.7 Å². The molecule has 2 unspecified atom stereocenters. The topological polar surface area (TPSA) is 6.48 Å². The van der Waals surface area contributed by atoms with Crippen molar-refractivity contribution >= 4 is 28.9 Å². The van der Waals surface area contributed by atoms with Crippen molar-refractivity contribution in [2.75, 3.05) is 24.5 Å². The van der Waals surface area contributed by atoms with Gasteiger partial charge in [-0.05, 0) is 38.4 Å². The molecule has 0 N–H and O–H groups in total. The van der Waals surface area contributed by atoms with Crippen molar-refractivity contribution in [3.63, 3.8) is 0 Å². The van der Waals surface area contributed by atoms with Gasteiger partial charge in [-0.15, -0.1) is 0 Å². The zero-order valence-electron chi connectivity index (χ0n) is 10.9. The summed E-state index contributed by atoms with van der Waals surface area (Å²) in [6.45, 7) is 5.30. The summed E-state index contributed by atoms with van der Waals surface area (Å²) in [6.07, 6.45) is 2.48. The van der Waals surface area contributed by atoms with Crippen LogP contribution in [0.15, 0.2) is 12.1 Å². The summed E-state index contributed by atoms with van der Waals surface area (Å²) >= 11 is 12.4. The van der Waals surface area contributed by atoms with Crippen LogP contribution in [0.3, 0.4) is 0 Å². The Balaban J connectivity index is 1.93.